The van der Waals surface area contributed by atoms with E-state index in [2.05, 4.69) is 51.8 Å². The summed E-state index contributed by atoms with van der Waals surface area (Å²) in [6, 6.07) is 0.603. The first-order valence-electron chi connectivity index (χ1n) is 8.47. The SMILES string of the molecule is CC#CCCC1CC(C(C)(C)C)CCC1CNC(C)C. The van der Waals surface area contributed by atoms with E-state index in [9.17, 15) is 0 Å². The van der Waals surface area contributed by atoms with Crippen LogP contribution in [-0.4, -0.2) is 12.6 Å². The molecule has 0 bridgehead atoms. The standard InChI is InChI=1S/C19H35N/c1-7-8-9-10-16-13-18(19(4,5)6)12-11-17(16)14-20-15(2)3/h15-18,20H,9-14H2,1-6H3. The number of nitrogens with one attached hydrogen (secondary N) is 1. The maximum atomic E-state index is 3.65. The van der Waals surface area contributed by atoms with Crippen molar-refractivity contribution in [1.82, 2.24) is 5.32 Å². The zero-order chi connectivity index (χ0) is 15.2. The van der Waals surface area contributed by atoms with Crippen molar-refractivity contribution < 1.29 is 0 Å². The van der Waals surface area contributed by atoms with Gasteiger partial charge in [0.25, 0.3) is 0 Å². The van der Waals surface area contributed by atoms with Crippen molar-refractivity contribution in [3.63, 3.8) is 0 Å². The largest absolute Gasteiger partial charge is 0.314 e. The van der Waals surface area contributed by atoms with Gasteiger partial charge in [0.05, 0.1) is 0 Å². The lowest BCUT2D eigenvalue weighted by Gasteiger charge is -2.42. The molecule has 3 unspecified atom stereocenters. The molecule has 1 rings (SSSR count). The molecule has 1 fully saturated rings. The van der Waals surface area contributed by atoms with Crippen molar-refractivity contribution in [2.24, 2.45) is 23.2 Å². The highest BCUT2D eigenvalue weighted by Crippen LogP contribution is 2.44. The summed E-state index contributed by atoms with van der Waals surface area (Å²) in [5.41, 5.74) is 0.463. The van der Waals surface area contributed by atoms with E-state index in [-0.39, 0.29) is 0 Å². The van der Waals surface area contributed by atoms with Crippen LogP contribution in [0.2, 0.25) is 0 Å². The van der Waals surface area contributed by atoms with Crippen molar-refractivity contribution in [1.29, 1.82) is 0 Å². The van der Waals surface area contributed by atoms with Crippen LogP contribution in [0, 0.1) is 35.0 Å². The molecule has 3 atom stereocenters. The van der Waals surface area contributed by atoms with Gasteiger partial charge in [-0.3, -0.25) is 0 Å². The van der Waals surface area contributed by atoms with E-state index in [1.54, 1.807) is 0 Å². The second-order valence-electron chi connectivity index (χ2n) is 7.92. The van der Waals surface area contributed by atoms with E-state index < -0.39 is 0 Å². The number of hydrogen-bond donors (Lipinski definition) is 1. The fourth-order valence-corrected chi connectivity index (χ4v) is 3.51. The predicted molar refractivity (Wildman–Crippen MR) is 89.6 cm³/mol. The molecule has 0 saturated heterocycles. The molecule has 0 aliphatic heterocycles. The molecular formula is C19H35N. The van der Waals surface area contributed by atoms with Crippen LogP contribution in [0.3, 0.4) is 0 Å². The van der Waals surface area contributed by atoms with Crippen molar-refractivity contribution in [2.75, 3.05) is 6.54 Å². The smallest absolute Gasteiger partial charge is 0.00913 e. The minimum Gasteiger partial charge on any atom is -0.314 e. The Labute approximate surface area is 127 Å². The Balaban J connectivity index is 2.61. The fraction of sp³-hybridized carbons (Fsp3) is 0.895. The fourth-order valence-electron chi connectivity index (χ4n) is 3.51. The van der Waals surface area contributed by atoms with Crippen molar-refractivity contribution in [2.45, 2.75) is 79.7 Å². The Hall–Kier alpha value is -0.480. The van der Waals surface area contributed by atoms with E-state index in [0.29, 0.717) is 11.5 Å². The quantitative estimate of drug-likeness (QED) is 0.707. The summed E-state index contributed by atoms with van der Waals surface area (Å²) in [5, 5.41) is 3.65. The zero-order valence-electron chi connectivity index (χ0n) is 14.6. The van der Waals surface area contributed by atoms with E-state index in [4.69, 9.17) is 0 Å². The Morgan fingerprint density at radius 1 is 1.15 bits per heavy atom. The lowest BCUT2D eigenvalue weighted by atomic mass is 9.64. The highest BCUT2D eigenvalue weighted by atomic mass is 14.9. The van der Waals surface area contributed by atoms with Crippen LogP contribution in [0.15, 0.2) is 0 Å². The van der Waals surface area contributed by atoms with E-state index >= 15 is 0 Å². The predicted octanol–water partition coefficient (Wildman–Crippen LogP) is 4.87. The molecule has 1 aliphatic rings. The lowest BCUT2D eigenvalue weighted by molar-refractivity contribution is 0.0924. The third-order valence-corrected chi connectivity index (χ3v) is 4.97. The summed E-state index contributed by atoms with van der Waals surface area (Å²) in [6.07, 6.45) is 6.57. The van der Waals surface area contributed by atoms with Crippen LogP contribution in [0.25, 0.3) is 0 Å². The second kappa shape index (κ2) is 8.08. The molecule has 1 nitrogen and oxygen atoms in total. The molecule has 116 valence electrons. The van der Waals surface area contributed by atoms with Crippen LogP contribution in [-0.2, 0) is 0 Å². The summed E-state index contributed by atoms with van der Waals surface area (Å²) >= 11 is 0. The van der Waals surface area contributed by atoms with Gasteiger partial charge in [-0.15, -0.1) is 11.8 Å². The molecule has 0 radical (unpaired) electrons. The van der Waals surface area contributed by atoms with Gasteiger partial charge in [-0.25, -0.2) is 0 Å². The number of hydrogen-bond acceptors (Lipinski definition) is 1. The molecule has 0 aromatic carbocycles. The first-order valence-corrected chi connectivity index (χ1v) is 8.47. The highest BCUT2D eigenvalue weighted by molar-refractivity contribution is 4.96. The van der Waals surface area contributed by atoms with E-state index in [1.165, 1.54) is 32.2 Å². The molecule has 20 heavy (non-hydrogen) atoms. The Bertz CT molecular complexity index is 326. The zero-order valence-corrected chi connectivity index (χ0v) is 14.6. The topological polar surface area (TPSA) is 12.0 Å². The molecule has 0 amide bonds. The van der Waals surface area contributed by atoms with Gasteiger partial charge in [-0.05, 0) is 62.3 Å². The van der Waals surface area contributed by atoms with Gasteiger partial charge in [-0.2, -0.15) is 0 Å². The normalized spacial score (nSPS) is 27.2. The van der Waals surface area contributed by atoms with Gasteiger partial charge >= 0.3 is 0 Å². The minimum absolute atomic E-state index is 0.463. The summed E-state index contributed by atoms with van der Waals surface area (Å²) in [4.78, 5) is 0. The first kappa shape index (κ1) is 17.6. The lowest BCUT2D eigenvalue weighted by Crippen LogP contribution is -2.38. The monoisotopic (exact) mass is 277 g/mol. The summed E-state index contributed by atoms with van der Waals surface area (Å²) in [7, 11) is 0. The molecule has 0 aromatic heterocycles. The minimum atomic E-state index is 0.463. The average molecular weight is 277 g/mol. The molecule has 1 aliphatic carbocycles. The Morgan fingerprint density at radius 3 is 2.40 bits per heavy atom. The molecule has 0 spiro atoms. The van der Waals surface area contributed by atoms with Gasteiger partial charge in [0.1, 0.15) is 0 Å². The van der Waals surface area contributed by atoms with Gasteiger partial charge < -0.3 is 5.32 Å². The van der Waals surface area contributed by atoms with Gasteiger partial charge in [0, 0.05) is 12.5 Å². The summed E-state index contributed by atoms with van der Waals surface area (Å²) in [6.45, 7) is 14.9. The molecule has 1 saturated carbocycles. The Morgan fingerprint density at radius 2 is 1.85 bits per heavy atom. The van der Waals surface area contributed by atoms with Gasteiger partial charge in [0.2, 0.25) is 0 Å². The molecule has 1 heteroatoms. The average Bonchev–Trinajstić information content (AvgIpc) is 2.36. The molecule has 0 heterocycles. The van der Waals surface area contributed by atoms with Crippen molar-refractivity contribution in [3.8, 4) is 11.8 Å². The maximum Gasteiger partial charge on any atom is 0.00913 e. The van der Waals surface area contributed by atoms with Crippen molar-refractivity contribution >= 4 is 0 Å². The van der Waals surface area contributed by atoms with E-state index in [0.717, 1.165) is 24.2 Å². The van der Waals surface area contributed by atoms with Crippen LogP contribution >= 0.6 is 0 Å². The van der Waals surface area contributed by atoms with Crippen LogP contribution in [0.1, 0.15) is 73.6 Å². The summed E-state index contributed by atoms with van der Waals surface area (Å²) < 4.78 is 0. The van der Waals surface area contributed by atoms with Gasteiger partial charge in [0.15, 0.2) is 0 Å². The number of rotatable bonds is 5. The van der Waals surface area contributed by atoms with Crippen LogP contribution in [0.4, 0.5) is 0 Å². The second-order valence-corrected chi connectivity index (χ2v) is 7.92. The first-order chi connectivity index (χ1) is 9.34. The third-order valence-electron chi connectivity index (χ3n) is 4.97. The highest BCUT2D eigenvalue weighted by Gasteiger charge is 2.35. The molecule has 0 aromatic rings. The van der Waals surface area contributed by atoms with E-state index in [1.807, 2.05) is 6.92 Å². The molecular weight excluding hydrogens is 242 g/mol. The third kappa shape index (κ3) is 5.88. The van der Waals surface area contributed by atoms with Crippen LogP contribution < -0.4 is 5.32 Å². The molecule has 1 N–H and O–H groups in total. The van der Waals surface area contributed by atoms with Crippen LogP contribution in [0.5, 0.6) is 0 Å². The Kier molecular flexibility index (Phi) is 7.10. The summed E-state index contributed by atoms with van der Waals surface area (Å²) in [5.74, 6) is 8.92. The van der Waals surface area contributed by atoms with Gasteiger partial charge in [-0.1, -0.05) is 34.6 Å². The maximum absolute atomic E-state index is 3.65. The van der Waals surface area contributed by atoms with Crippen molar-refractivity contribution in [3.05, 3.63) is 0 Å².